The second-order valence-electron chi connectivity index (χ2n) is 2.81. The van der Waals surface area contributed by atoms with Gasteiger partial charge in [0.2, 0.25) is 0 Å². The Labute approximate surface area is 92.4 Å². The maximum atomic E-state index is 9.50. The standard InChI is InChI=1S/C10H12N2O4/c1-15-11-5-7-3-8(6-12-16-2)10(14)9(13)4-7/h3-6,13-14H,1-2H3/b11-5-,12-6+. The molecule has 1 aromatic carbocycles. The van der Waals surface area contributed by atoms with Crippen molar-refractivity contribution in [3.8, 4) is 11.5 Å². The van der Waals surface area contributed by atoms with Crippen molar-refractivity contribution in [3.63, 3.8) is 0 Å². The Balaban J connectivity index is 3.11. The number of nitrogens with zero attached hydrogens (tertiary/aromatic N) is 2. The Morgan fingerprint density at radius 2 is 1.69 bits per heavy atom. The Morgan fingerprint density at radius 1 is 1.06 bits per heavy atom. The zero-order valence-electron chi connectivity index (χ0n) is 8.91. The van der Waals surface area contributed by atoms with Crippen LogP contribution in [0.2, 0.25) is 0 Å². The number of benzene rings is 1. The van der Waals surface area contributed by atoms with Crippen LogP contribution in [-0.2, 0) is 9.68 Å². The molecule has 0 heterocycles. The SMILES string of the molecule is CO/N=C\c1cc(O)c(O)c(/C=N/OC)c1. The molecule has 6 nitrogen and oxygen atoms in total. The van der Waals surface area contributed by atoms with E-state index in [1.165, 1.54) is 32.7 Å². The third-order valence-corrected chi connectivity index (χ3v) is 1.75. The summed E-state index contributed by atoms with van der Waals surface area (Å²) >= 11 is 0. The van der Waals surface area contributed by atoms with Crippen LogP contribution in [0.1, 0.15) is 11.1 Å². The predicted octanol–water partition coefficient (Wildman–Crippen LogP) is 1.06. The van der Waals surface area contributed by atoms with E-state index in [-0.39, 0.29) is 11.5 Å². The van der Waals surface area contributed by atoms with Crippen LogP contribution in [0, 0.1) is 0 Å². The molecule has 0 bridgehead atoms. The summed E-state index contributed by atoms with van der Waals surface area (Å²) in [6.07, 6.45) is 2.67. The second-order valence-corrected chi connectivity index (χ2v) is 2.81. The quantitative estimate of drug-likeness (QED) is 0.455. The molecule has 1 rings (SSSR count). The lowest BCUT2D eigenvalue weighted by Crippen LogP contribution is -1.89. The van der Waals surface area contributed by atoms with Crippen LogP contribution in [0.4, 0.5) is 0 Å². The van der Waals surface area contributed by atoms with E-state index in [9.17, 15) is 10.2 Å². The highest BCUT2D eigenvalue weighted by atomic mass is 16.6. The lowest BCUT2D eigenvalue weighted by atomic mass is 10.1. The van der Waals surface area contributed by atoms with Gasteiger partial charge in [0.15, 0.2) is 11.5 Å². The molecule has 0 saturated carbocycles. The van der Waals surface area contributed by atoms with Crippen LogP contribution in [0.5, 0.6) is 11.5 Å². The fraction of sp³-hybridized carbons (Fsp3) is 0.200. The summed E-state index contributed by atoms with van der Waals surface area (Å²) in [6, 6.07) is 2.92. The van der Waals surface area contributed by atoms with E-state index in [2.05, 4.69) is 20.0 Å². The molecule has 0 aliphatic heterocycles. The number of hydrogen-bond acceptors (Lipinski definition) is 6. The lowest BCUT2D eigenvalue weighted by molar-refractivity contribution is 0.215. The van der Waals surface area contributed by atoms with Gasteiger partial charge in [-0.15, -0.1) is 0 Å². The number of phenols is 2. The van der Waals surface area contributed by atoms with Gasteiger partial charge in [-0.05, 0) is 12.1 Å². The average molecular weight is 224 g/mol. The van der Waals surface area contributed by atoms with Crippen molar-refractivity contribution in [1.82, 2.24) is 0 Å². The Bertz CT molecular complexity index is 416. The molecule has 0 radical (unpaired) electrons. The van der Waals surface area contributed by atoms with Crippen molar-refractivity contribution in [3.05, 3.63) is 23.3 Å². The molecule has 0 aliphatic rings. The fourth-order valence-corrected chi connectivity index (χ4v) is 1.06. The van der Waals surface area contributed by atoms with E-state index < -0.39 is 0 Å². The van der Waals surface area contributed by atoms with Gasteiger partial charge in [0.05, 0.1) is 12.4 Å². The molecule has 16 heavy (non-hydrogen) atoms. The van der Waals surface area contributed by atoms with E-state index >= 15 is 0 Å². The first-order valence-electron chi connectivity index (χ1n) is 4.38. The monoisotopic (exact) mass is 224 g/mol. The lowest BCUT2D eigenvalue weighted by Gasteiger charge is -2.03. The first kappa shape index (κ1) is 11.8. The third kappa shape index (κ3) is 2.88. The predicted molar refractivity (Wildman–Crippen MR) is 59.0 cm³/mol. The van der Waals surface area contributed by atoms with Gasteiger partial charge in [-0.25, -0.2) is 0 Å². The molecular formula is C10H12N2O4. The van der Waals surface area contributed by atoms with E-state index in [0.717, 1.165) is 0 Å². The zero-order chi connectivity index (χ0) is 12.0. The maximum Gasteiger partial charge on any atom is 0.166 e. The summed E-state index contributed by atoms with van der Waals surface area (Å²) in [4.78, 5) is 8.98. The number of oxime groups is 2. The summed E-state index contributed by atoms with van der Waals surface area (Å²) < 4.78 is 0. The maximum absolute atomic E-state index is 9.50. The topological polar surface area (TPSA) is 83.6 Å². The van der Waals surface area contributed by atoms with Crippen molar-refractivity contribution < 1.29 is 19.9 Å². The zero-order valence-corrected chi connectivity index (χ0v) is 8.91. The Morgan fingerprint density at radius 3 is 2.31 bits per heavy atom. The number of rotatable bonds is 4. The van der Waals surface area contributed by atoms with Crippen molar-refractivity contribution in [2.24, 2.45) is 10.3 Å². The Hall–Kier alpha value is -2.24. The molecule has 0 aromatic heterocycles. The van der Waals surface area contributed by atoms with Gasteiger partial charge in [0, 0.05) is 11.1 Å². The summed E-state index contributed by atoms with van der Waals surface area (Å²) in [5.74, 6) is -0.534. The van der Waals surface area contributed by atoms with Crippen LogP contribution in [0.25, 0.3) is 0 Å². The average Bonchev–Trinajstić information content (AvgIpc) is 2.28. The van der Waals surface area contributed by atoms with Crippen LogP contribution >= 0.6 is 0 Å². The van der Waals surface area contributed by atoms with Gasteiger partial charge in [0.25, 0.3) is 0 Å². The number of phenolic OH excluding ortho intramolecular Hbond substituents is 2. The fourth-order valence-electron chi connectivity index (χ4n) is 1.06. The highest BCUT2D eigenvalue weighted by Gasteiger charge is 2.06. The minimum Gasteiger partial charge on any atom is -0.504 e. The van der Waals surface area contributed by atoms with E-state index in [0.29, 0.717) is 11.1 Å². The molecule has 0 aliphatic carbocycles. The van der Waals surface area contributed by atoms with Crippen molar-refractivity contribution >= 4 is 12.4 Å². The highest BCUT2D eigenvalue weighted by molar-refractivity contribution is 5.90. The molecule has 86 valence electrons. The van der Waals surface area contributed by atoms with Crippen molar-refractivity contribution in [1.29, 1.82) is 0 Å². The van der Waals surface area contributed by atoms with Gasteiger partial charge in [-0.1, -0.05) is 10.3 Å². The van der Waals surface area contributed by atoms with Gasteiger partial charge < -0.3 is 19.9 Å². The van der Waals surface area contributed by atoms with Crippen LogP contribution in [-0.4, -0.2) is 36.9 Å². The minimum atomic E-state index is -0.268. The van der Waals surface area contributed by atoms with Crippen molar-refractivity contribution in [2.75, 3.05) is 14.2 Å². The van der Waals surface area contributed by atoms with Crippen LogP contribution < -0.4 is 0 Å². The molecule has 0 unspecified atom stereocenters. The molecule has 6 heteroatoms. The third-order valence-electron chi connectivity index (χ3n) is 1.75. The molecule has 0 spiro atoms. The molecule has 0 saturated heterocycles. The molecular weight excluding hydrogens is 212 g/mol. The molecule has 0 amide bonds. The van der Waals surface area contributed by atoms with E-state index in [1.807, 2.05) is 0 Å². The summed E-state index contributed by atoms with van der Waals surface area (Å²) in [6.45, 7) is 0. The van der Waals surface area contributed by atoms with Gasteiger partial charge >= 0.3 is 0 Å². The molecule has 1 aromatic rings. The van der Waals surface area contributed by atoms with Crippen LogP contribution in [0.3, 0.4) is 0 Å². The smallest absolute Gasteiger partial charge is 0.166 e. The molecule has 2 N–H and O–H groups in total. The number of hydrogen-bond donors (Lipinski definition) is 2. The first-order chi connectivity index (χ1) is 7.69. The Kier molecular flexibility index (Phi) is 4.14. The van der Waals surface area contributed by atoms with Crippen molar-refractivity contribution in [2.45, 2.75) is 0 Å². The highest BCUT2D eigenvalue weighted by Crippen LogP contribution is 2.28. The van der Waals surface area contributed by atoms with Gasteiger partial charge in [-0.2, -0.15) is 0 Å². The van der Waals surface area contributed by atoms with Gasteiger partial charge in [-0.3, -0.25) is 0 Å². The molecule has 0 fully saturated rings. The van der Waals surface area contributed by atoms with Gasteiger partial charge in [0.1, 0.15) is 14.2 Å². The largest absolute Gasteiger partial charge is 0.504 e. The number of aromatic hydroxyl groups is 2. The summed E-state index contributed by atoms with van der Waals surface area (Å²) in [5, 5.41) is 26.0. The normalized spacial score (nSPS) is 11.1. The first-order valence-corrected chi connectivity index (χ1v) is 4.38. The van der Waals surface area contributed by atoms with E-state index in [4.69, 9.17) is 0 Å². The minimum absolute atomic E-state index is 0.266. The second kappa shape index (κ2) is 5.59. The summed E-state index contributed by atoms with van der Waals surface area (Å²) in [7, 11) is 2.79. The van der Waals surface area contributed by atoms with E-state index in [1.54, 1.807) is 6.07 Å². The van der Waals surface area contributed by atoms with Crippen LogP contribution in [0.15, 0.2) is 22.4 Å². The summed E-state index contributed by atoms with van der Waals surface area (Å²) in [5.41, 5.74) is 0.883. The molecule has 0 atom stereocenters.